The normalized spacial score (nSPS) is 22.3. The number of halogens is 1. The van der Waals surface area contributed by atoms with Crippen molar-refractivity contribution in [2.45, 2.75) is 38.6 Å². The van der Waals surface area contributed by atoms with Crippen molar-refractivity contribution in [3.05, 3.63) is 33.8 Å². The standard InChI is InChI=1S/C15H18BrNO3/c1-9-2-7-13(16)12(8-9)14(18)17-11-5-3-10(4-6-11)15(19)20/h2,7-8,10-11H,3-6H2,1H3,(H,17,18)(H,19,20). The van der Waals surface area contributed by atoms with E-state index in [1.165, 1.54) is 0 Å². The quantitative estimate of drug-likeness (QED) is 0.888. The van der Waals surface area contributed by atoms with Gasteiger partial charge in [-0.05, 0) is 60.7 Å². The highest BCUT2D eigenvalue weighted by atomic mass is 79.9. The Labute approximate surface area is 126 Å². The number of benzene rings is 1. The third kappa shape index (κ3) is 3.60. The number of aliphatic carboxylic acids is 1. The number of carboxylic acid groups (broad SMARTS) is 1. The number of carbonyl (C=O) groups excluding carboxylic acids is 1. The summed E-state index contributed by atoms with van der Waals surface area (Å²) in [6, 6.07) is 5.73. The van der Waals surface area contributed by atoms with Crippen molar-refractivity contribution in [2.24, 2.45) is 5.92 Å². The predicted octanol–water partition coefficient (Wildman–Crippen LogP) is 3.13. The molecule has 0 unspecified atom stereocenters. The van der Waals surface area contributed by atoms with Gasteiger partial charge in [0, 0.05) is 10.5 Å². The minimum absolute atomic E-state index is 0.0745. The number of hydrogen-bond acceptors (Lipinski definition) is 2. The molecule has 0 aliphatic heterocycles. The van der Waals surface area contributed by atoms with Gasteiger partial charge in [-0.15, -0.1) is 0 Å². The van der Waals surface area contributed by atoms with Crippen LogP contribution in [0.15, 0.2) is 22.7 Å². The van der Waals surface area contributed by atoms with Gasteiger partial charge >= 0.3 is 5.97 Å². The average molecular weight is 340 g/mol. The molecule has 0 saturated heterocycles. The highest BCUT2D eigenvalue weighted by molar-refractivity contribution is 9.10. The highest BCUT2D eigenvalue weighted by Crippen LogP contribution is 2.25. The molecular weight excluding hydrogens is 322 g/mol. The Balaban J connectivity index is 1.96. The molecule has 1 saturated carbocycles. The first kappa shape index (κ1) is 15.0. The molecule has 1 aliphatic rings. The lowest BCUT2D eigenvalue weighted by Crippen LogP contribution is -2.38. The van der Waals surface area contributed by atoms with E-state index in [1.54, 1.807) is 0 Å². The van der Waals surface area contributed by atoms with Crippen LogP contribution in [0.3, 0.4) is 0 Å². The van der Waals surface area contributed by atoms with Gasteiger partial charge in [-0.3, -0.25) is 9.59 Å². The zero-order valence-electron chi connectivity index (χ0n) is 11.4. The number of amides is 1. The van der Waals surface area contributed by atoms with Crippen LogP contribution in [0.2, 0.25) is 0 Å². The summed E-state index contributed by atoms with van der Waals surface area (Å²) in [7, 11) is 0. The largest absolute Gasteiger partial charge is 0.481 e. The Morgan fingerprint density at radius 3 is 2.50 bits per heavy atom. The van der Waals surface area contributed by atoms with Gasteiger partial charge in [-0.1, -0.05) is 11.6 Å². The molecule has 2 N–H and O–H groups in total. The van der Waals surface area contributed by atoms with Crippen LogP contribution in [-0.4, -0.2) is 23.0 Å². The number of carboxylic acids is 1. The van der Waals surface area contributed by atoms with Gasteiger partial charge < -0.3 is 10.4 Å². The van der Waals surface area contributed by atoms with E-state index in [4.69, 9.17) is 5.11 Å². The summed E-state index contributed by atoms with van der Waals surface area (Å²) in [5.74, 6) is -1.08. The Kier molecular flexibility index (Phi) is 4.81. The van der Waals surface area contributed by atoms with Crippen LogP contribution in [-0.2, 0) is 4.79 Å². The van der Waals surface area contributed by atoms with Gasteiger partial charge in [0.15, 0.2) is 0 Å². The Hall–Kier alpha value is -1.36. The van der Waals surface area contributed by atoms with Crippen molar-refractivity contribution < 1.29 is 14.7 Å². The van der Waals surface area contributed by atoms with Crippen LogP contribution < -0.4 is 5.32 Å². The molecule has 0 aromatic heterocycles. The first-order valence-electron chi connectivity index (χ1n) is 6.77. The summed E-state index contributed by atoms with van der Waals surface area (Å²) in [5.41, 5.74) is 1.67. The molecule has 1 fully saturated rings. The number of rotatable bonds is 3. The molecular formula is C15H18BrNO3. The molecule has 4 nitrogen and oxygen atoms in total. The van der Waals surface area contributed by atoms with Crippen LogP contribution in [0.1, 0.15) is 41.6 Å². The van der Waals surface area contributed by atoms with Gasteiger partial charge in [-0.2, -0.15) is 0 Å². The van der Waals surface area contributed by atoms with Gasteiger partial charge in [0.1, 0.15) is 0 Å². The average Bonchev–Trinajstić information content (AvgIpc) is 2.42. The van der Waals surface area contributed by atoms with E-state index in [9.17, 15) is 9.59 Å². The van der Waals surface area contributed by atoms with Crippen LogP contribution >= 0.6 is 15.9 Å². The van der Waals surface area contributed by atoms with Crippen LogP contribution in [0.5, 0.6) is 0 Å². The molecule has 0 radical (unpaired) electrons. The summed E-state index contributed by atoms with van der Waals surface area (Å²) < 4.78 is 0.778. The summed E-state index contributed by atoms with van der Waals surface area (Å²) in [6.45, 7) is 1.95. The summed E-state index contributed by atoms with van der Waals surface area (Å²) >= 11 is 3.39. The first-order chi connectivity index (χ1) is 9.47. The fourth-order valence-electron chi connectivity index (χ4n) is 2.56. The highest BCUT2D eigenvalue weighted by Gasteiger charge is 2.27. The molecule has 1 amide bonds. The summed E-state index contributed by atoms with van der Waals surface area (Å²) in [6.07, 6.45) is 2.73. The Morgan fingerprint density at radius 1 is 1.25 bits per heavy atom. The minimum atomic E-state index is -0.726. The SMILES string of the molecule is Cc1ccc(Br)c(C(=O)NC2CCC(C(=O)O)CC2)c1. The Morgan fingerprint density at radius 2 is 1.90 bits per heavy atom. The van der Waals surface area contributed by atoms with E-state index < -0.39 is 5.97 Å². The molecule has 0 bridgehead atoms. The fraction of sp³-hybridized carbons (Fsp3) is 0.467. The van der Waals surface area contributed by atoms with E-state index in [2.05, 4.69) is 21.2 Å². The third-order valence-electron chi connectivity index (χ3n) is 3.78. The summed E-state index contributed by atoms with van der Waals surface area (Å²) in [5, 5.41) is 12.0. The molecule has 0 heterocycles. The van der Waals surface area contributed by atoms with Crippen molar-refractivity contribution in [1.82, 2.24) is 5.32 Å². The minimum Gasteiger partial charge on any atom is -0.481 e. The molecule has 1 aromatic rings. The van der Waals surface area contributed by atoms with E-state index >= 15 is 0 Å². The predicted molar refractivity (Wildman–Crippen MR) is 79.7 cm³/mol. The third-order valence-corrected chi connectivity index (χ3v) is 4.47. The number of nitrogens with one attached hydrogen (secondary N) is 1. The topological polar surface area (TPSA) is 66.4 Å². The second-order valence-corrected chi connectivity index (χ2v) is 6.20. The van der Waals surface area contributed by atoms with Crippen LogP contribution in [0.4, 0.5) is 0 Å². The molecule has 0 spiro atoms. The molecule has 20 heavy (non-hydrogen) atoms. The van der Waals surface area contributed by atoms with Crippen molar-refractivity contribution in [3.8, 4) is 0 Å². The lowest BCUT2D eigenvalue weighted by atomic mass is 9.86. The van der Waals surface area contributed by atoms with E-state index in [1.807, 2.05) is 25.1 Å². The van der Waals surface area contributed by atoms with Gasteiger partial charge in [-0.25, -0.2) is 0 Å². The maximum absolute atomic E-state index is 12.2. The van der Waals surface area contributed by atoms with E-state index in [0.717, 1.165) is 22.9 Å². The van der Waals surface area contributed by atoms with Gasteiger partial charge in [0.05, 0.1) is 11.5 Å². The van der Waals surface area contributed by atoms with Crippen LogP contribution in [0.25, 0.3) is 0 Å². The molecule has 2 rings (SSSR count). The van der Waals surface area contributed by atoms with Gasteiger partial charge in [0.25, 0.3) is 5.91 Å². The zero-order chi connectivity index (χ0) is 14.7. The number of hydrogen-bond donors (Lipinski definition) is 2. The second kappa shape index (κ2) is 6.39. The van der Waals surface area contributed by atoms with Crippen LogP contribution in [0, 0.1) is 12.8 Å². The number of carbonyl (C=O) groups is 2. The molecule has 5 heteroatoms. The van der Waals surface area contributed by atoms with Crippen molar-refractivity contribution in [2.75, 3.05) is 0 Å². The lowest BCUT2D eigenvalue weighted by Gasteiger charge is -2.27. The van der Waals surface area contributed by atoms with Crippen molar-refractivity contribution >= 4 is 27.8 Å². The van der Waals surface area contributed by atoms with Gasteiger partial charge in [0.2, 0.25) is 0 Å². The molecule has 108 valence electrons. The molecule has 1 aliphatic carbocycles. The van der Waals surface area contributed by atoms with E-state index in [-0.39, 0.29) is 17.9 Å². The monoisotopic (exact) mass is 339 g/mol. The van der Waals surface area contributed by atoms with Crippen molar-refractivity contribution in [3.63, 3.8) is 0 Å². The molecule has 1 aromatic carbocycles. The fourth-order valence-corrected chi connectivity index (χ4v) is 2.99. The maximum atomic E-state index is 12.2. The second-order valence-electron chi connectivity index (χ2n) is 5.34. The zero-order valence-corrected chi connectivity index (χ0v) is 12.9. The summed E-state index contributed by atoms with van der Waals surface area (Å²) in [4.78, 5) is 23.1. The number of aryl methyl sites for hydroxylation is 1. The first-order valence-corrected chi connectivity index (χ1v) is 7.56. The molecule has 0 atom stereocenters. The van der Waals surface area contributed by atoms with E-state index in [0.29, 0.717) is 18.4 Å². The smallest absolute Gasteiger partial charge is 0.306 e. The maximum Gasteiger partial charge on any atom is 0.306 e. The van der Waals surface area contributed by atoms with Crippen molar-refractivity contribution in [1.29, 1.82) is 0 Å². The Bertz CT molecular complexity index is 522. The lowest BCUT2D eigenvalue weighted by molar-refractivity contribution is -0.142.